The van der Waals surface area contributed by atoms with Crippen molar-refractivity contribution in [3.05, 3.63) is 40.3 Å². The van der Waals surface area contributed by atoms with Gasteiger partial charge in [0.25, 0.3) is 0 Å². The van der Waals surface area contributed by atoms with Gasteiger partial charge in [-0.2, -0.15) is 18.3 Å². The predicted molar refractivity (Wildman–Crippen MR) is 67.5 cm³/mol. The van der Waals surface area contributed by atoms with Gasteiger partial charge in [-0.3, -0.25) is 4.79 Å². The summed E-state index contributed by atoms with van der Waals surface area (Å²) in [5.74, 6) is 0.0680. The maximum atomic E-state index is 12.5. The summed E-state index contributed by atoms with van der Waals surface area (Å²) >= 11 is 5.98. The van der Waals surface area contributed by atoms with E-state index in [2.05, 4.69) is 10.1 Å². The summed E-state index contributed by atoms with van der Waals surface area (Å²) in [5, 5.41) is 3.98. The number of methoxy groups -OCH3 is 1. The van der Waals surface area contributed by atoms with Gasteiger partial charge < -0.3 is 4.74 Å². The van der Waals surface area contributed by atoms with Crippen molar-refractivity contribution in [2.24, 2.45) is 0 Å². The Morgan fingerprint density at radius 1 is 1.43 bits per heavy atom. The lowest BCUT2D eigenvalue weighted by atomic mass is 10.3. The van der Waals surface area contributed by atoms with E-state index in [4.69, 9.17) is 16.3 Å². The molecule has 0 radical (unpaired) electrons. The van der Waals surface area contributed by atoms with Gasteiger partial charge in [0.2, 0.25) is 0 Å². The highest BCUT2D eigenvalue weighted by Crippen LogP contribution is 2.29. The first-order valence-corrected chi connectivity index (χ1v) is 6.01. The Hall–Kier alpha value is -1.93. The molecule has 0 amide bonds. The lowest BCUT2D eigenvalue weighted by Gasteiger charge is -2.07. The number of pyridine rings is 1. The third-order valence-corrected chi connectivity index (χ3v) is 2.99. The van der Waals surface area contributed by atoms with Crippen LogP contribution < -0.4 is 0 Å². The van der Waals surface area contributed by atoms with Gasteiger partial charge in [-0.25, -0.2) is 9.67 Å². The molecule has 0 aliphatic carbocycles. The van der Waals surface area contributed by atoms with Crippen LogP contribution in [0.2, 0.25) is 5.15 Å². The van der Waals surface area contributed by atoms with Crippen molar-refractivity contribution in [2.45, 2.75) is 12.8 Å². The van der Waals surface area contributed by atoms with Crippen LogP contribution in [0.1, 0.15) is 21.6 Å². The molecule has 2 rings (SSSR count). The molecule has 2 heterocycles. The number of aldehydes is 1. The molecule has 0 spiro atoms. The molecule has 0 saturated heterocycles. The first-order chi connectivity index (χ1) is 9.88. The first-order valence-electron chi connectivity index (χ1n) is 5.63. The highest BCUT2D eigenvalue weighted by molar-refractivity contribution is 6.32. The molecule has 5 nitrogen and oxygen atoms in total. The number of alkyl halides is 3. The van der Waals surface area contributed by atoms with Gasteiger partial charge in [-0.15, -0.1) is 0 Å². The van der Waals surface area contributed by atoms with E-state index >= 15 is 0 Å². The maximum absolute atomic E-state index is 12.5. The van der Waals surface area contributed by atoms with Crippen molar-refractivity contribution in [1.29, 1.82) is 0 Å². The minimum atomic E-state index is -4.48. The zero-order chi connectivity index (χ0) is 15.6. The van der Waals surface area contributed by atoms with Crippen LogP contribution in [0.5, 0.6) is 0 Å². The minimum Gasteiger partial charge on any atom is -0.378 e. The number of rotatable bonds is 4. The molecule has 2 aromatic rings. The monoisotopic (exact) mass is 319 g/mol. The van der Waals surface area contributed by atoms with E-state index in [-0.39, 0.29) is 28.8 Å². The molecule has 0 unspecified atom stereocenters. The van der Waals surface area contributed by atoms with Crippen LogP contribution >= 0.6 is 11.6 Å². The van der Waals surface area contributed by atoms with Gasteiger partial charge >= 0.3 is 6.18 Å². The van der Waals surface area contributed by atoms with Crippen LogP contribution in [0.3, 0.4) is 0 Å². The second kappa shape index (κ2) is 5.82. The van der Waals surface area contributed by atoms with Crippen LogP contribution in [-0.4, -0.2) is 28.2 Å². The van der Waals surface area contributed by atoms with Crippen LogP contribution in [0, 0.1) is 0 Å². The average molecular weight is 320 g/mol. The molecule has 0 saturated carbocycles. The van der Waals surface area contributed by atoms with Crippen molar-refractivity contribution in [3.63, 3.8) is 0 Å². The lowest BCUT2D eigenvalue weighted by molar-refractivity contribution is -0.137. The smallest absolute Gasteiger partial charge is 0.378 e. The fraction of sp³-hybridized carbons (Fsp3) is 0.250. The van der Waals surface area contributed by atoms with E-state index in [1.54, 1.807) is 0 Å². The topological polar surface area (TPSA) is 57.0 Å². The normalized spacial score (nSPS) is 11.7. The highest BCUT2D eigenvalue weighted by Gasteiger charge is 2.31. The Morgan fingerprint density at radius 2 is 2.14 bits per heavy atom. The number of ether oxygens (including phenoxy) is 1. The average Bonchev–Trinajstić information content (AvgIpc) is 2.74. The second-order valence-electron chi connectivity index (χ2n) is 4.02. The fourth-order valence-corrected chi connectivity index (χ4v) is 1.92. The number of hydrogen-bond donors (Lipinski definition) is 0. The van der Waals surface area contributed by atoms with E-state index < -0.39 is 11.7 Å². The van der Waals surface area contributed by atoms with E-state index in [1.807, 2.05) is 0 Å². The first kappa shape index (κ1) is 15.5. The summed E-state index contributed by atoms with van der Waals surface area (Å²) in [4.78, 5) is 14.7. The highest BCUT2D eigenvalue weighted by atomic mass is 35.5. The van der Waals surface area contributed by atoms with Gasteiger partial charge in [0.15, 0.2) is 12.1 Å². The van der Waals surface area contributed by atoms with E-state index in [0.717, 1.165) is 16.8 Å². The molecule has 21 heavy (non-hydrogen) atoms. The summed E-state index contributed by atoms with van der Waals surface area (Å²) < 4.78 is 43.4. The number of aromatic nitrogens is 3. The number of carbonyl (C=O) groups is 1. The Balaban J connectivity index is 2.45. The minimum absolute atomic E-state index is 0.0377. The molecule has 0 fully saturated rings. The van der Waals surface area contributed by atoms with Gasteiger partial charge in [-0.1, -0.05) is 11.6 Å². The predicted octanol–water partition coefficient (Wildman–Crippen LogP) is 2.90. The number of hydrogen-bond acceptors (Lipinski definition) is 4. The summed E-state index contributed by atoms with van der Waals surface area (Å²) in [6.07, 6.45) is -3.30. The Kier molecular flexibility index (Phi) is 4.29. The number of halogens is 4. The molecule has 0 bridgehead atoms. The standard InChI is InChI=1S/C12H9ClF3N3O2/c1-21-6-9-8(5-20)11(13)19(18-9)10-3-2-7(4-17-10)12(14,15)16/h2-5H,6H2,1H3. The van der Waals surface area contributed by atoms with Crippen LogP contribution in [0.25, 0.3) is 5.82 Å². The molecule has 0 aliphatic heterocycles. The SMILES string of the molecule is COCc1nn(-c2ccc(C(F)(F)F)cn2)c(Cl)c1C=O. The Labute approximate surface area is 122 Å². The van der Waals surface area contributed by atoms with Gasteiger partial charge in [-0.05, 0) is 12.1 Å². The lowest BCUT2D eigenvalue weighted by Crippen LogP contribution is -2.07. The summed E-state index contributed by atoms with van der Waals surface area (Å²) in [7, 11) is 1.41. The van der Waals surface area contributed by atoms with Crippen LogP contribution in [-0.2, 0) is 17.5 Å². The summed E-state index contributed by atoms with van der Waals surface area (Å²) in [6, 6.07) is 1.98. The van der Waals surface area contributed by atoms with Crippen molar-refractivity contribution in [1.82, 2.24) is 14.8 Å². The third kappa shape index (κ3) is 3.06. The number of nitrogens with zero attached hydrogens (tertiary/aromatic N) is 3. The van der Waals surface area contributed by atoms with Crippen LogP contribution in [0.15, 0.2) is 18.3 Å². The molecule has 0 aromatic carbocycles. The van der Waals surface area contributed by atoms with Crippen LogP contribution in [0.4, 0.5) is 13.2 Å². The van der Waals surface area contributed by atoms with E-state index in [9.17, 15) is 18.0 Å². The summed E-state index contributed by atoms with van der Waals surface area (Å²) in [5.41, 5.74) is -0.498. The van der Waals surface area contributed by atoms with E-state index in [1.165, 1.54) is 7.11 Å². The fourth-order valence-electron chi connectivity index (χ4n) is 1.64. The van der Waals surface area contributed by atoms with Crippen molar-refractivity contribution in [2.75, 3.05) is 7.11 Å². The number of carbonyl (C=O) groups excluding carboxylic acids is 1. The Bertz CT molecular complexity index is 653. The molecular weight excluding hydrogens is 311 g/mol. The van der Waals surface area contributed by atoms with Gasteiger partial charge in [0.1, 0.15) is 10.8 Å². The molecule has 0 aliphatic rings. The van der Waals surface area contributed by atoms with Gasteiger partial charge in [0.05, 0.1) is 17.7 Å². The van der Waals surface area contributed by atoms with Crippen molar-refractivity contribution < 1.29 is 22.7 Å². The molecule has 0 N–H and O–H groups in total. The van der Waals surface area contributed by atoms with Crippen molar-refractivity contribution >= 4 is 17.9 Å². The van der Waals surface area contributed by atoms with Crippen molar-refractivity contribution in [3.8, 4) is 5.82 Å². The molecule has 0 atom stereocenters. The third-order valence-electron chi connectivity index (χ3n) is 2.63. The summed E-state index contributed by atoms with van der Waals surface area (Å²) in [6.45, 7) is 0.0431. The van der Waals surface area contributed by atoms with E-state index in [0.29, 0.717) is 12.5 Å². The Morgan fingerprint density at radius 3 is 2.62 bits per heavy atom. The maximum Gasteiger partial charge on any atom is 0.417 e. The molecule has 2 aromatic heterocycles. The quantitative estimate of drug-likeness (QED) is 0.813. The molecule has 112 valence electrons. The second-order valence-corrected chi connectivity index (χ2v) is 4.37. The zero-order valence-corrected chi connectivity index (χ0v) is 11.4. The molecule has 9 heteroatoms. The van der Waals surface area contributed by atoms with Gasteiger partial charge in [0, 0.05) is 13.3 Å². The zero-order valence-electron chi connectivity index (χ0n) is 10.7. The molecular formula is C12H9ClF3N3O2. The largest absolute Gasteiger partial charge is 0.417 e.